The fraction of sp³-hybridized carbons (Fsp3) is 0.111. The van der Waals surface area contributed by atoms with Crippen molar-refractivity contribution in [3.8, 4) is 11.5 Å². The minimum absolute atomic E-state index is 0.148. The lowest BCUT2D eigenvalue weighted by molar-refractivity contribution is -0.121. The molecule has 1 heterocycles. The zero-order chi connectivity index (χ0) is 19.0. The normalized spacial score (nSPS) is 14.2. The minimum Gasteiger partial charge on any atom is -0.502 e. The van der Waals surface area contributed by atoms with Crippen LogP contribution >= 0.6 is 23.2 Å². The van der Waals surface area contributed by atoms with Crippen molar-refractivity contribution < 1.29 is 24.2 Å². The van der Waals surface area contributed by atoms with Crippen molar-refractivity contribution in [2.24, 2.45) is 0 Å². The minimum atomic E-state index is -0.858. The summed E-state index contributed by atoms with van der Waals surface area (Å²) in [5.41, 5.74) is 0.255. The van der Waals surface area contributed by atoms with Gasteiger partial charge in [0, 0.05) is 16.7 Å². The first-order valence-corrected chi connectivity index (χ1v) is 8.14. The third-order valence-electron chi connectivity index (χ3n) is 3.89. The predicted molar refractivity (Wildman–Crippen MR) is 98.0 cm³/mol. The molecule has 0 aromatic heterocycles. The molecule has 2 aromatic rings. The summed E-state index contributed by atoms with van der Waals surface area (Å²) in [6, 6.07) is 8.94. The van der Waals surface area contributed by atoms with Gasteiger partial charge in [-0.05, 0) is 24.3 Å². The molecule has 0 spiro atoms. The number of anilines is 1. The second kappa shape index (κ2) is 6.90. The number of amides is 2. The first-order valence-electron chi connectivity index (χ1n) is 7.38. The maximum atomic E-state index is 12.8. The Hall–Kier alpha value is -2.70. The fourth-order valence-corrected chi connectivity index (χ4v) is 3.15. The van der Waals surface area contributed by atoms with Crippen LogP contribution in [0.3, 0.4) is 0 Å². The first-order chi connectivity index (χ1) is 12.4. The Morgan fingerprint density at radius 2 is 1.62 bits per heavy atom. The number of halogens is 2. The Bertz CT molecular complexity index is 955. The summed E-state index contributed by atoms with van der Waals surface area (Å²) in [4.78, 5) is 26.2. The van der Waals surface area contributed by atoms with Crippen molar-refractivity contribution in [2.45, 2.75) is 0 Å². The van der Waals surface area contributed by atoms with Crippen LogP contribution in [0.25, 0.3) is 5.57 Å². The second-order valence-electron chi connectivity index (χ2n) is 5.33. The average Bonchev–Trinajstić information content (AvgIpc) is 2.84. The van der Waals surface area contributed by atoms with Gasteiger partial charge in [-0.1, -0.05) is 29.3 Å². The van der Waals surface area contributed by atoms with Gasteiger partial charge in [-0.15, -0.1) is 0 Å². The Kier molecular flexibility index (Phi) is 4.80. The van der Waals surface area contributed by atoms with Gasteiger partial charge in [0.15, 0.2) is 17.3 Å². The van der Waals surface area contributed by atoms with E-state index in [2.05, 4.69) is 0 Å². The van der Waals surface area contributed by atoms with E-state index in [4.69, 9.17) is 32.7 Å². The van der Waals surface area contributed by atoms with Crippen molar-refractivity contribution in [1.82, 2.24) is 0 Å². The lowest BCUT2D eigenvalue weighted by Crippen LogP contribution is -2.31. The number of rotatable bonds is 4. The van der Waals surface area contributed by atoms with E-state index in [9.17, 15) is 14.7 Å². The summed E-state index contributed by atoms with van der Waals surface area (Å²) >= 11 is 12.0. The smallest absolute Gasteiger partial charge is 0.301 e. The average molecular weight is 394 g/mol. The molecule has 1 aliphatic rings. The molecule has 0 saturated heterocycles. The van der Waals surface area contributed by atoms with Crippen molar-refractivity contribution in [3.63, 3.8) is 0 Å². The number of carbonyl (C=O) groups excluding carboxylic acids is 2. The summed E-state index contributed by atoms with van der Waals surface area (Å²) < 4.78 is 10.3. The number of hydrogen-bond donors (Lipinski definition) is 1. The third-order valence-corrected chi connectivity index (χ3v) is 4.43. The van der Waals surface area contributed by atoms with Crippen LogP contribution in [0.5, 0.6) is 11.5 Å². The second-order valence-corrected chi connectivity index (χ2v) is 6.18. The maximum absolute atomic E-state index is 12.8. The van der Waals surface area contributed by atoms with Crippen molar-refractivity contribution in [2.75, 3.05) is 19.1 Å². The number of hydrogen-bond acceptors (Lipinski definition) is 5. The van der Waals surface area contributed by atoms with Crippen LogP contribution in [0.15, 0.2) is 42.2 Å². The van der Waals surface area contributed by atoms with Gasteiger partial charge >= 0.3 is 5.91 Å². The number of nitrogens with zero attached hydrogens (tertiary/aromatic N) is 1. The number of aliphatic hydroxyl groups excluding tert-OH is 1. The molecule has 1 N–H and O–H groups in total. The molecule has 0 unspecified atom stereocenters. The number of methoxy groups -OCH3 is 2. The van der Waals surface area contributed by atoms with E-state index in [1.165, 1.54) is 44.6 Å². The summed E-state index contributed by atoms with van der Waals surface area (Å²) in [7, 11) is 2.90. The highest BCUT2D eigenvalue weighted by Crippen LogP contribution is 2.38. The van der Waals surface area contributed by atoms with E-state index in [1.54, 1.807) is 6.07 Å². The van der Waals surface area contributed by atoms with Gasteiger partial charge in [0.05, 0.1) is 30.5 Å². The number of imide groups is 1. The molecule has 3 rings (SSSR count). The molecule has 6 nitrogen and oxygen atoms in total. The summed E-state index contributed by atoms with van der Waals surface area (Å²) in [6.07, 6.45) is 0. The van der Waals surface area contributed by atoms with Crippen LogP contribution in [0, 0.1) is 0 Å². The highest BCUT2D eigenvalue weighted by Gasteiger charge is 2.41. The number of aliphatic hydroxyl groups is 1. The molecule has 0 saturated carbocycles. The van der Waals surface area contributed by atoms with Crippen molar-refractivity contribution in [3.05, 3.63) is 57.8 Å². The Morgan fingerprint density at radius 3 is 2.23 bits per heavy atom. The van der Waals surface area contributed by atoms with Gasteiger partial charge in [0.2, 0.25) is 0 Å². The van der Waals surface area contributed by atoms with Gasteiger partial charge in [-0.3, -0.25) is 9.59 Å². The number of ether oxygens (including phenoxy) is 2. The lowest BCUT2D eigenvalue weighted by atomic mass is 10.1. The van der Waals surface area contributed by atoms with Crippen LogP contribution in [0.4, 0.5) is 5.69 Å². The zero-order valence-corrected chi connectivity index (χ0v) is 15.3. The van der Waals surface area contributed by atoms with Crippen molar-refractivity contribution >= 4 is 46.3 Å². The maximum Gasteiger partial charge on any atom is 0.301 e. The van der Waals surface area contributed by atoms with Crippen LogP contribution in [0.1, 0.15) is 5.56 Å². The van der Waals surface area contributed by atoms with Gasteiger partial charge in [-0.2, -0.15) is 0 Å². The largest absolute Gasteiger partial charge is 0.502 e. The van der Waals surface area contributed by atoms with E-state index >= 15 is 0 Å². The fourth-order valence-electron chi connectivity index (χ4n) is 2.65. The Labute approximate surface area is 159 Å². The van der Waals surface area contributed by atoms with E-state index < -0.39 is 17.6 Å². The SMILES string of the molecule is COc1ccc(N2C(=O)C(O)=C(c3ccc(Cl)cc3Cl)C2=O)cc1OC. The zero-order valence-electron chi connectivity index (χ0n) is 13.7. The summed E-state index contributed by atoms with van der Waals surface area (Å²) in [6.45, 7) is 0. The molecular formula is C18H13Cl2NO5. The van der Waals surface area contributed by atoms with E-state index in [1.807, 2.05) is 0 Å². The monoisotopic (exact) mass is 393 g/mol. The quantitative estimate of drug-likeness (QED) is 0.798. The van der Waals surface area contributed by atoms with E-state index in [0.717, 1.165) is 4.90 Å². The molecule has 26 heavy (non-hydrogen) atoms. The molecule has 0 bridgehead atoms. The molecule has 0 atom stereocenters. The molecule has 1 aliphatic heterocycles. The molecular weight excluding hydrogens is 381 g/mol. The molecule has 2 aromatic carbocycles. The predicted octanol–water partition coefficient (Wildman–Crippen LogP) is 3.85. The lowest BCUT2D eigenvalue weighted by Gasteiger charge is -2.17. The molecule has 2 amide bonds. The summed E-state index contributed by atoms with van der Waals surface area (Å²) in [5, 5.41) is 10.8. The summed E-state index contributed by atoms with van der Waals surface area (Å²) in [5.74, 6) is -1.47. The number of benzene rings is 2. The topological polar surface area (TPSA) is 76.1 Å². The highest BCUT2D eigenvalue weighted by atomic mass is 35.5. The molecule has 134 valence electrons. The Balaban J connectivity index is 2.06. The van der Waals surface area contributed by atoms with Crippen LogP contribution in [-0.4, -0.2) is 31.1 Å². The van der Waals surface area contributed by atoms with Gasteiger partial charge in [0.1, 0.15) is 0 Å². The first kappa shape index (κ1) is 18.1. The standard InChI is InChI=1S/C18H13Cl2NO5/c1-25-13-6-4-10(8-14(13)26-2)21-17(23)15(16(22)18(21)24)11-5-3-9(19)7-12(11)20/h3-8,22H,1-2H3. The molecule has 0 aliphatic carbocycles. The van der Waals surface area contributed by atoms with E-state index in [0.29, 0.717) is 16.5 Å². The van der Waals surface area contributed by atoms with Crippen LogP contribution < -0.4 is 14.4 Å². The third kappa shape index (κ3) is 2.87. The van der Waals surface area contributed by atoms with Crippen LogP contribution in [-0.2, 0) is 9.59 Å². The van der Waals surface area contributed by atoms with Gasteiger partial charge < -0.3 is 14.6 Å². The van der Waals surface area contributed by atoms with E-state index in [-0.39, 0.29) is 21.8 Å². The molecule has 8 heteroatoms. The van der Waals surface area contributed by atoms with Crippen LogP contribution in [0.2, 0.25) is 10.0 Å². The van der Waals surface area contributed by atoms with Gasteiger partial charge in [-0.25, -0.2) is 4.90 Å². The highest BCUT2D eigenvalue weighted by molar-refractivity contribution is 6.47. The van der Waals surface area contributed by atoms with Gasteiger partial charge in [0.25, 0.3) is 5.91 Å². The Morgan fingerprint density at radius 1 is 0.923 bits per heavy atom. The molecule has 0 radical (unpaired) electrons. The van der Waals surface area contributed by atoms with Crippen molar-refractivity contribution in [1.29, 1.82) is 0 Å². The number of carbonyl (C=O) groups is 2. The molecule has 0 fully saturated rings.